The van der Waals surface area contributed by atoms with Crippen LogP contribution in [0.25, 0.3) is 0 Å². The quantitative estimate of drug-likeness (QED) is 0.221. The number of esters is 4. The third-order valence-corrected chi connectivity index (χ3v) is 10.1. The molecule has 0 aromatic heterocycles. The Labute approximate surface area is 229 Å². The lowest BCUT2D eigenvalue weighted by atomic mass is 9.77. The van der Waals surface area contributed by atoms with Gasteiger partial charge in [-0.2, -0.15) is 17.2 Å². The summed E-state index contributed by atoms with van der Waals surface area (Å²) in [5.41, 5.74) is -0.837. The molecule has 0 amide bonds. The summed E-state index contributed by atoms with van der Waals surface area (Å²) in [7, 11) is -5.83. The van der Waals surface area contributed by atoms with E-state index in [1.165, 1.54) is 0 Å². The summed E-state index contributed by atoms with van der Waals surface area (Å²) in [5.74, 6) is -5.81. The van der Waals surface area contributed by atoms with Gasteiger partial charge in [-0.25, -0.2) is 0 Å². The SMILES string of the molecule is CC(OC(=O)CCC(=O)OC1C2CC3C1OC(=O)C3C2C(=O)OC(C)(C)C1CC2CCC1O2)C(F)(F)S(=O)(=O)O. The molecule has 0 radical (unpaired) electrons. The first-order valence-electron chi connectivity index (χ1n) is 13.3. The molecule has 0 aromatic rings. The van der Waals surface area contributed by atoms with Crippen LogP contribution in [0.3, 0.4) is 0 Å². The highest BCUT2D eigenvalue weighted by molar-refractivity contribution is 7.86. The molecular weight excluding hydrogens is 562 g/mol. The van der Waals surface area contributed by atoms with E-state index in [1.807, 2.05) is 13.8 Å². The zero-order chi connectivity index (χ0) is 29.4. The maximum absolute atomic E-state index is 13.6. The molecule has 2 aliphatic carbocycles. The second kappa shape index (κ2) is 9.86. The van der Waals surface area contributed by atoms with E-state index in [4.69, 9.17) is 23.5 Å². The van der Waals surface area contributed by atoms with Gasteiger partial charge in [0, 0.05) is 17.8 Å². The average molecular weight is 595 g/mol. The predicted molar refractivity (Wildman–Crippen MR) is 126 cm³/mol. The molecule has 1 N–H and O–H groups in total. The number of hydrogen-bond acceptors (Lipinski definition) is 11. The van der Waals surface area contributed by atoms with Crippen molar-refractivity contribution in [1.29, 1.82) is 0 Å². The molecule has 5 rings (SSSR count). The fourth-order valence-electron chi connectivity index (χ4n) is 7.19. The van der Waals surface area contributed by atoms with Crippen LogP contribution < -0.4 is 0 Å². The number of carbonyl (C=O) groups is 4. The molecule has 5 fully saturated rings. The van der Waals surface area contributed by atoms with Crippen molar-refractivity contribution >= 4 is 34.0 Å². The molecule has 3 heterocycles. The molecule has 0 spiro atoms. The molecule has 224 valence electrons. The van der Waals surface area contributed by atoms with Gasteiger partial charge in [0.15, 0.2) is 6.10 Å². The van der Waals surface area contributed by atoms with Gasteiger partial charge in [-0.3, -0.25) is 23.7 Å². The lowest BCUT2D eigenvalue weighted by Crippen LogP contribution is -2.48. The highest BCUT2D eigenvalue weighted by Gasteiger charge is 2.70. The number of fused-ring (bicyclic) bond motifs is 3. The standard InChI is InChI=1S/C25H32F2O12S/c1-10(25(26,27)40(32,33)34)35-16(28)6-7-17(29)37-20-13-9-12-18(22(30)38-21(12)20)19(13)23(31)39-24(2,3)14-8-11-4-5-15(14)36-11/h10-15,18-21H,4-9H2,1-3H3,(H,32,33,34). The van der Waals surface area contributed by atoms with E-state index in [9.17, 15) is 36.4 Å². The van der Waals surface area contributed by atoms with Gasteiger partial charge in [-0.15, -0.1) is 0 Å². The minimum absolute atomic E-state index is 0.0105. The predicted octanol–water partition coefficient (Wildman–Crippen LogP) is 1.79. The normalized spacial score (nSPS) is 36.9. The van der Waals surface area contributed by atoms with Gasteiger partial charge in [0.25, 0.3) is 0 Å². The van der Waals surface area contributed by atoms with Crippen LogP contribution in [0.4, 0.5) is 8.78 Å². The van der Waals surface area contributed by atoms with Gasteiger partial charge >= 0.3 is 39.2 Å². The van der Waals surface area contributed by atoms with Crippen molar-refractivity contribution < 1.29 is 64.6 Å². The lowest BCUT2D eigenvalue weighted by molar-refractivity contribution is -0.178. The van der Waals surface area contributed by atoms with Crippen molar-refractivity contribution in [3.8, 4) is 0 Å². The van der Waals surface area contributed by atoms with Gasteiger partial charge in [0.2, 0.25) is 0 Å². The van der Waals surface area contributed by atoms with Crippen LogP contribution in [0, 0.1) is 29.6 Å². The first-order chi connectivity index (χ1) is 18.5. The van der Waals surface area contributed by atoms with Crippen molar-refractivity contribution in [2.45, 2.75) is 101 Å². The maximum atomic E-state index is 13.6. The van der Waals surface area contributed by atoms with E-state index in [2.05, 4.69) is 4.74 Å². The second-order valence-corrected chi connectivity index (χ2v) is 13.4. The van der Waals surface area contributed by atoms with E-state index < -0.39 is 93.8 Å². The highest BCUT2D eigenvalue weighted by Crippen LogP contribution is 2.59. The van der Waals surface area contributed by atoms with Crippen LogP contribution >= 0.6 is 0 Å². The Kier molecular flexibility index (Phi) is 7.18. The first kappa shape index (κ1) is 29.1. The molecule has 5 aliphatic rings. The molecule has 4 bridgehead atoms. The van der Waals surface area contributed by atoms with Crippen molar-refractivity contribution in [3.63, 3.8) is 0 Å². The summed E-state index contributed by atoms with van der Waals surface area (Å²) in [6.45, 7) is 4.23. The number of alkyl halides is 2. The molecule has 15 heteroatoms. The van der Waals surface area contributed by atoms with E-state index in [-0.39, 0.29) is 24.0 Å². The summed E-state index contributed by atoms with van der Waals surface area (Å²) >= 11 is 0. The molecule has 40 heavy (non-hydrogen) atoms. The Balaban J connectivity index is 1.18. The van der Waals surface area contributed by atoms with Crippen LogP contribution in [-0.2, 0) is 53.0 Å². The van der Waals surface area contributed by atoms with Gasteiger partial charge in [-0.1, -0.05) is 0 Å². The van der Waals surface area contributed by atoms with E-state index in [0.717, 1.165) is 19.3 Å². The summed E-state index contributed by atoms with van der Waals surface area (Å²) < 4.78 is 84.6. The molecule has 10 unspecified atom stereocenters. The Bertz CT molecular complexity index is 1200. The second-order valence-electron chi connectivity index (χ2n) is 11.9. The fourth-order valence-corrected chi connectivity index (χ4v) is 7.66. The van der Waals surface area contributed by atoms with Crippen LogP contribution in [-0.4, -0.2) is 78.2 Å². The highest BCUT2D eigenvalue weighted by atomic mass is 32.2. The molecule has 10 atom stereocenters. The molecule has 12 nitrogen and oxygen atoms in total. The smallest absolute Gasteiger partial charge is 0.405 e. The van der Waals surface area contributed by atoms with Crippen LogP contribution in [0.2, 0.25) is 0 Å². The molecule has 3 saturated heterocycles. The van der Waals surface area contributed by atoms with Crippen molar-refractivity contribution in [1.82, 2.24) is 0 Å². The minimum Gasteiger partial charge on any atom is -0.459 e. The summed E-state index contributed by atoms with van der Waals surface area (Å²) in [6, 6.07) is 0. The average Bonchev–Trinajstić information content (AvgIpc) is 3.64. The molecular formula is C25H32F2O12S. The first-order valence-corrected chi connectivity index (χ1v) is 14.8. The fraction of sp³-hybridized carbons (Fsp3) is 0.840. The van der Waals surface area contributed by atoms with Gasteiger partial charge in [0.1, 0.15) is 17.8 Å². The third kappa shape index (κ3) is 4.87. The van der Waals surface area contributed by atoms with Gasteiger partial charge in [0.05, 0.1) is 36.9 Å². The van der Waals surface area contributed by atoms with Crippen LogP contribution in [0.1, 0.15) is 59.3 Å². The zero-order valence-corrected chi connectivity index (χ0v) is 22.9. The summed E-state index contributed by atoms with van der Waals surface area (Å²) in [4.78, 5) is 50.6. The van der Waals surface area contributed by atoms with Crippen molar-refractivity contribution in [2.75, 3.05) is 0 Å². The monoisotopic (exact) mass is 594 g/mol. The lowest BCUT2D eigenvalue weighted by Gasteiger charge is -2.37. The Morgan fingerprint density at radius 3 is 2.38 bits per heavy atom. The Hall–Kier alpha value is -2.39. The topological polar surface area (TPSA) is 169 Å². The van der Waals surface area contributed by atoms with E-state index in [1.54, 1.807) is 0 Å². The maximum Gasteiger partial charge on any atom is 0.405 e. The number of halogens is 2. The Morgan fingerprint density at radius 2 is 1.77 bits per heavy atom. The van der Waals surface area contributed by atoms with Crippen molar-refractivity contribution in [3.05, 3.63) is 0 Å². The molecule has 3 aliphatic heterocycles. The Morgan fingerprint density at radius 1 is 1.10 bits per heavy atom. The number of hydrogen-bond donors (Lipinski definition) is 1. The van der Waals surface area contributed by atoms with Gasteiger partial charge < -0.3 is 23.7 Å². The summed E-state index contributed by atoms with van der Waals surface area (Å²) in [6.07, 6.45) is -2.30. The van der Waals surface area contributed by atoms with Crippen LogP contribution in [0.15, 0.2) is 0 Å². The molecule has 0 aromatic carbocycles. The van der Waals surface area contributed by atoms with E-state index in [0.29, 0.717) is 13.3 Å². The number of rotatable bonds is 10. The largest absolute Gasteiger partial charge is 0.459 e. The van der Waals surface area contributed by atoms with Crippen LogP contribution in [0.5, 0.6) is 0 Å². The minimum atomic E-state index is -5.83. The van der Waals surface area contributed by atoms with E-state index >= 15 is 0 Å². The number of ether oxygens (including phenoxy) is 5. The summed E-state index contributed by atoms with van der Waals surface area (Å²) in [5, 5.41) is -4.74. The number of carbonyl (C=O) groups excluding carboxylic acids is 4. The zero-order valence-electron chi connectivity index (χ0n) is 22.1. The molecule has 2 saturated carbocycles. The van der Waals surface area contributed by atoms with Crippen molar-refractivity contribution in [2.24, 2.45) is 29.6 Å². The third-order valence-electron chi connectivity index (χ3n) is 9.11. The van der Waals surface area contributed by atoms with Gasteiger partial charge in [-0.05, 0) is 46.5 Å².